The van der Waals surface area contributed by atoms with Crippen molar-refractivity contribution in [2.45, 2.75) is 6.42 Å². The molecule has 0 radical (unpaired) electrons. The van der Waals surface area contributed by atoms with E-state index in [1.807, 2.05) is 53.3 Å². The van der Waals surface area contributed by atoms with Crippen LogP contribution in [-0.4, -0.2) is 34.6 Å². The Hall–Kier alpha value is -2.95. The summed E-state index contributed by atoms with van der Waals surface area (Å²) in [5, 5.41) is 3.19. The molecule has 2 aromatic heterocycles. The molecule has 0 amide bonds. The van der Waals surface area contributed by atoms with E-state index in [1.54, 1.807) is 0 Å². The highest BCUT2D eigenvalue weighted by atomic mass is 15.1. The molecule has 5 nitrogen and oxygen atoms in total. The molecular weight excluding hydrogens is 286 g/mol. The van der Waals surface area contributed by atoms with Crippen LogP contribution in [0.4, 0.5) is 0 Å². The van der Waals surface area contributed by atoms with Crippen LogP contribution in [0.1, 0.15) is 12.0 Å². The molecule has 0 unspecified atom stereocenters. The van der Waals surface area contributed by atoms with Gasteiger partial charge in [0.25, 0.3) is 0 Å². The van der Waals surface area contributed by atoms with Gasteiger partial charge in [0.05, 0.1) is 5.69 Å². The van der Waals surface area contributed by atoms with Crippen LogP contribution in [0.15, 0.2) is 64.8 Å². The highest BCUT2D eigenvalue weighted by molar-refractivity contribution is 5.93. The number of aliphatic imine (C=N–C) groups is 2. The van der Waals surface area contributed by atoms with Crippen LogP contribution in [-0.2, 0) is 0 Å². The largest absolute Gasteiger partial charge is 0.354 e. The van der Waals surface area contributed by atoms with Crippen molar-refractivity contribution in [1.82, 2.24) is 14.7 Å². The minimum absolute atomic E-state index is 0.715. The molecule has 4 rings (SSSR count). The second-order valence-electron chi connectivity index (χ2n) is 5.46. The van der Waals surface area contributed by atoms with Gasteiger partial charge >= 0.3 is 0 Å². The lowest BCUT2D eigenvalue weighted by atomic mass is 10.2. The summed E-state index contributed by atoms with van der Waals surface area (Å²) in [6, 6.07) is 14.2. The zero-order valence-electron chi connectivity index (χ0n) is 12.7. The quantitative estimate of drug-likeness (QED) is 0.740. The number of fused-ring (bicyclic) bond motifs is 1. The number of nitrogens with one attached hydrogen (secondary N) is 1. The summed E-state index contributed by atoms with van der Waals surface area (Å²) in [6.45, 7) is 1.79. The average Bonchev–Trinajstić information content (AvgIpc) is 3.05. The number of guanidine groups is 1. The van der Waals surface area contributed by atoms with Crippen LogP contribution in [0.5, 0.6) is 0 Å². The van der Waals surface area contributed by atoms with Crippen molar-refractivity contribution >= 4 is 17.8 Å². The van der Waals surface area contributed by atoms with E-state index >= 15 is 0 Å². The van der Waals surface area contributed by atoms with E-state index in [-0.39, 0.29) is 0 Å². The highest BCUT2D eigenvalue weighted by Crippen LogP contribution is 2.18. The van der Waals surface area contributed by atoms with E-state index in [2.05, 4.69) is 32.4 Å². The molecule has 0 saturated carbocycles. The molecule has 0 aliphatic carbocycles. The summed E-state index contributed by atoms with van der Waals surface area (Å²) in [6.07, 6.45) is 6.97. The third-order valence-corrected chi connectivity index (χ3v) is 3.76. The summed E-state index contributed by atoms with van der Waals surface area (Å²) in [4.78, 5) is 13.4. The maximum absolute atomic E-state index is 4.66. The van der Waals surface area contributed by atoms with Gasteiger partial charge in [0.2, 0.25) is 5.96 Å². The minimum atomic E-state index is 0.715. The molecule has 3 heterocycles. The van der Waals surface area contributed by atoms with Gasteiger partial charge in [-0.2, -0.15) is 0 Å². The van der Waals surface area contributed by atoms with Crippen molar-refractivity contribution in [1.29, 1.82) is 0 Å². The fourth-order valence-electron chi connectivity index (χ4n) is 2.58. The summed E-state index contributed by atoms with van der Waals surface area (Å²) >= 11 is 0. The van der Waals surface area contributed by atoms with Gasteiger partial charge in [-0.3, -0.25) is 4.99 Å². The van der Waals surface area contributed by atoms with E-state index in [9.17, 15) is 0 Å². The maximum atomic E-state index is 4.66. The number of rotatable bonds is 2. The van der Waals surface area contributed by atoms with Crippen LogP contribution < -0.4 is 5.32 Å². The lowest BCUT2D eigenvalue weighted by Crippen LogP contribution is -2.27. The number of pyridine rings is 1. The van der Waals surface area contributed by atoms with Crippen molar-refractivity contribution in [2.75, 3.05) is 13.1 Å². The van der Waals surface area contributed by atoms with Gasteiger partial charge in [0.1, 0.15) is 5.65 Å². The molecule has 0 spiro atoms. The number of benzene rings is 1. The number of hydrogen-bond acceptors (Lipinski definition) is 4. The van der Waals surface area contributed by atoms with E-state index < -0.39 is 0 Å². The first-order valence-corrected chi connectivity index (χ1v) is 7.75. The first-order valence-electron chi connectivity index (χ1n) is 7.75. The van der Waals surface area contributed by atoms with Crippen molar-refractivity contribution in [3.05, 3.63) is 60.4 Å². The smallest absolute Gasteiger partial charge is 0.217 e. The Morgan fingerprint density at radius 2 is 2.00 bits per heavy atom. The minimum Gasteiger partial charge on any atom is -0.354 e. The van der Waals surface area contributed by atoms with Gasteiger partial charge in [0.15, 0.2) is 0 Å². The number of hydrogen-bond donors (Lipinski definition) is 1. The molecule has 0 saturated heterocycles. The zero-order valence-corrected chi connectivity index (χ0v) is 12.7. The second-order valence-corrected chi connectivity index (χ2v) is 5.46. The van der Waals surface area contributed by atoms with Crippen LogP contribution in [0.25, 0.3) is 16.9 Å². The number of imidazole rings is 1. The van der Waals surface area contributed by atoms with E-state index in [1.165, 1.54) is 0 Å². The fourth-order valence-corrected chi connectivity index (χ4v) is 2.58. The summed E-state index contributed by atoms with van der Waals surface area (Å²) in [5.74, 6) is 0.715. The predicted molar refractivity (Wildman–Crippen MR) is 93.1 cm³/mol. The molecular formula is C18H17N5. The van der Waals surface area contributed by atoms with Crippen molar-refractivity contribution in [3.8, 4) is 11.3 Å². The van der Waals surface area contributed by atoms with E-state index in [0.717, 1.165) is 42.0 Å². The second kappa shape index (κ2) is 6.04. The van der Waals surface area contributed by atoms with Crippen molar-refractivity contribution in [3.63, 3.8) is 0 Å². The molecule has 1 aliphatic rings. The lowest BCUT2D eigenvalue weighted by Gasteiger charge is -2.09. The molecule has 5 heteroatoms. The Balaban J connectivity index is 1.63. The molecule has 3 aromatic rings. The topological polar surface area (TPSA) is 54.0 Å². The molecule has 1 N–H and O–H groups in total. The Morgan fingerprint density at radius 3 is 2.83 bits per heavy atom. The summed E-state index contributed by atoms with van der Waals surface area (Å²) < 4.78 is 2.03. The average molecular weight is 303 g/mol. The molecule has 0 atom stereocenters. The SMILES string of the molecule is C(=N\C1=NCCCN1)/c1ccc2nc(-c3ccccc3)cn2c1. The lowest BCUT2D eigenvalue weighted by molar-refractivity contribution is 0.736. The van der Waals surface area contributed by atoms with Crippen molar-refractivity contribution < 1.29 is 0 Å². The first kappa shape index (κ1) is 13.7. The monoisotopic (exact) mass is 303 g/mol. The van der Waals surface area contributed by atoms with E-state index in [4.69, 9.17) is 0 Å². The highest BCUT2D eigenvalue weighted by Gasteiger charge is 2.04. The van der Waals surface area contributed by atoms with Gasteiger partial charge in [-0.25, -0.2) is 9.98 Å². The molecule has 114 valence electrons. The van der Waals surface area contributed by atoms with Crippen LogP contribution >= 0.6 is 0 Å². The van der Waals surface area contributed by atoms with Crippen LogP contribution in [0.2, 0.25) is 0 Å². The molecule has 0 fully saturated rings. The van der Waals surface area contributed by atoms with Gasteiger partial charge in [0, 0.05) is 42.8 Å². The third-order valence-electron chi connectivity index (χ3n) is 3.76. The Kier molecular flexibility index (Phi) is 3.60. The molecule has 23 heavy (non-hydrogen) atoms. The third kappa shape index (κ3) is 2.99. The fraction of sp³-hybridized carbons (Fsp3) is 0.167. The van der Waals surface area contributed by atoms with Crippen molar-refractivity contribution in [2.24, 2.45) is 9.98 Å². The first-order chi connectivity index (χ1) is 11.4. The standard InChI is InChI=1S/C18H17N5/c1-2-5-15(6-3-1)16-13-23-12-14(7-8-17(23)22-16)11-21-18-19-9-4-10-20-18/h1-3,5-8,11-13H,4,9-10H2,(H,19,20)/b21-11+. The maximum Gasteiger partial charge on any atom is 0.217 e. The number of aromatic nitrogens is 2. The Morgan fingerprint density at radius 1 is 1.09 bits per heavy atom. The van der Waals surface area contributed by atoms with Gasteiger partial charge in [-0.1, -0.05) is 30.3 Å². The van der Waals surface area contributed by atoms with Gasteiger partial charge < -0.3 is 9.72 Å². The number of nitrogens with zero attached hydrogens (tertiary/aromatic N) is 4. The molecule has 0 bridgehead atoms. The van der Waals surface area contributed by atoms with E-state index in [0.29, 0.717) is 5.96 Å². The normalized spacial score (nSPS) is 14.9. The molecule has 1 aromatic carbocycles. The summed E-state index contributed by atoms with van der Waals surface area (Å²) in [5.41, 5.74) is 4.03. The Bertz CT molecular complexity index is 877. The predicted octanol–water partition coefficient (Wildman–Crippen LogP) is 2.77. The van der Waals surface area contributed by atoms with Gasteiger partial charge in [-0.15, -0.1) is 0 Å². The van der Waals surface area contributed by atoms with Crippen LogP contribution in [0.3, 0.4) is 0 Å². The van der Waals surface area contributed by atoms with Gasteiger partial charge in [-0.05, 0) is 18.6 Å². The summed E-state index contributed by atoms with van der Waals surface area (Å²) in [7, 11) is 0. The van der Waals surface area contributed by atoms with Crippen LogP contribution in [0, 0.1) is 0 Å². The Labute approximate surface area is 134 Å². The molecule has 1 aliphatic heterocycles. The zero-order chi connectivity index (χ0) is 15.5.